The molecule has 1 N–H and O–H groups in total. The molecule has 1 aliphatic rings. The Morgan fingerprint density at radius 2 is 2.04 bits per heavy atom. The Morgan fingerprint density at radius 1 is 1.24 bits per heavy atom. The summed E-state index contributed by atoms with van der Waals surface area (Å²) in [7, 11) is 3.82. The summed E-state index contributed by atoms with van der Waals surface area (Å²) in [6.07, 6.45) is 2.00. The molecule has 1 atom stereocenters. The van der Waals surface area contributed by atoms with Crippen molar-refractivity contribution in [3.05, 3.63) is 46.8 Å². The Morgan fingerprint density at radius 3 is 2.76 bits per heavy atom. The van der Waals surface area contributed by atoms with Crippen molar-refractivity contribution in [2.45, 2.75) is 39.3 Å². The maximum atomic E-state index is 5.62. The van der Waals surface area contributed by atoms with Crippen molar-refractivity contribution in [2.24, 2.45) is 7.05 Å². The van der Waals surface area contributed by atoms with Gasteiger partial charge in [0.25, 0.3) is 0 Å². The summed E-state index contributed by atoms with van der Waals surface area (Å²) in [5.41, 5.74) is 5.26. The monoisotopic (exact) mass is 342 g/mol. The molecule has 0 saturated carbocycles. The van der Waals surface area contributed by atoms with E-state index in [-0.39, 0.29) is 0 Å². The standard InChI is InChI=1S/C20H30N4O/c1-5-17-16(18(6-2)23(3)22-17)14-24-12-11-21-13-19(24)15-9-7-8-10-20(15)25-4/h7-10,19,21H,5-6,11-14H2,1-4H3. The van der Waals surface area contributed by atoms with Gasteiger partial charge in [0, 0.05) is 50.0 Å². The van der Waals surface area contributed by atoms with Gasteiger partial charge in [-0.2, -0.15) is 5.10 Å². The fourth-order valence-corrected chi connectivity index (χ4v) is 3.96. The smallest absolute Gasteiger partial charge is 0.123 e. The second-order valence-electron chi connectivity index (χ2n) is 6.64. The van der Waals surface area contributed by atoms with E-state index < -0.39 is 0 Å². The molecule has 2 heterocycles. The number of methoxy groups -OCH3 is 1. The number of nitrogens with one attached hydrogen (secondary N) is 1. The van der Waals surface area contributed by atoms with Crippen LogP contribution in [0.2, 0.25) is 0 Å². The fraction of sp³-hybridized carbons (Fsp3) is 0.550. The predicted molar refractivity (Wildman–Crippen MR) is 101 cm³/mol. The van der Waals surface area contributed by atoms with Crippen LogP contribution in [-0.4, -0.2) is 41.4 Å². The molecule has 1 aromatic carbocycles. The maximum absolute atomic E-state index is 5.62. The van der Waals surface area contributed by atoms with Gasteiger partial charge in [-0.1, -0.05) is 32.0 Å². The summed E-state index contributed by atoms with van der Waals surface area (Å²) < 4.78 is 7.68. The van der Waals surface area contributed by atoms with Gasteiger partial charge in [0.05, 0.1) is 18.8 Å². The van der Waals surface area contributed by atoms with E-state index in [2.05, 4.69) is 54.0 Å². The molecular formula is C20H30N4O. The van der Waals surface area contributed by atoms with Crippen LogP contribution < -0.4 is 10.1 Å². The number of aromatic nitrogens is 2. The van der Waals surface area contributed by atoms with Crippen molar-refractivity contribution in [3.8, 4) is 5.75 Å². The summed E-state index contributed by atoms with van der Waals surface area (Å²) in [5.74, 6) is 0.971. The van der Waals surface area contributed by atoms with E-state index in [1.54, 1.807) is 7.11 Å². The van der Waals surface area contributed by atoms with Gasteiger partial charge >= 0.3 is 0 Å². The predicted octanol–water partition coefficient (Wildman–Crippen LogP) is 2.70. The quantitative estimate of drug-likeness (QED) is 0.876. The van der Waals surface area contributed by atoms with E-state index in [9.17, 15) is 0 Å². The average Bonchev–Trinajstić information content (AvgIpc) is 2.96. The van der Waals surface area contributed by atoms with Crippen molar-refractivity contribution < 1.29 is 4.74 Å². The number of benzene rings is 1. The van der Waals surface area contributed by atoms with Crippen LogP contribution in [0.4, 0.5) is 0 Å². The highest BCUT2D eigenvalue weighted by Gasteiger charge is 2.28. The highest BCUT2D eigenvalue weighted by atomic mass is 16.5. The summed E-state index contributed by atoms with van der Waals surface area (Å²) >= 11 is 0. The molecule has 25 heavy (non-hydrogen) atoms. The van der Waals surface area contributed by atoms with Crippen LogP contribution in [0, 0.1) is 0 Å². The van der Waals surface area contributed by atoms with Gasteiger partial charge in [-0.25, -0.2) is 0 Å². The molecule has 1 fully saturated rings. The van der Waals surface area contributed by atoms with Gasteiger partial charge in [-0.3, -0.25) is 9.58 Å². The average molecular weight is 342 g/mol. The first-order chi connectivity index (χ1) is 12.2. The molecule has 0 radical (unpaired) electrons. The van der Waals surface area contributed by atoms with Gasteiger partial charge in [0.1, 0.15) is 5.75 Å². The number of piperazine rings is 1. The largest absolute Gasteiger partial charge is 0.496 e. The van der Waals surface area contributed by atoms with Crippen LogP contribution >= 0.6 is 0 Å². The molecule has 5 heteroatoms. The third-order valence-corrected chi connectivity index (χ3v) is 5.24. The summed E-state index contributed by atoms with van der Waals surface area (Å²) in [5, 5.41) is 8.29. The van der Waals surface area contributed by atoms with E-state index in [0.717, 1.165) is 44.8 Å². The zero-order chi connectivity index (χ0) is 17.8. The van der Waals surface area contributed by atoms with Gasteiger partial charge in [0.2, 0.25) is 0 Å². The molecule has 0 bridgehead atoms. The number of hydrogen-bond donors (Lipinski definition) is 1. The van der Waals surface area contributed by atoms with E-state index in [1.165, 1.54) is 22.5 Å². The zero-order valence-corrected chi connectivity index (χ0v) is 15.9. The summed E-state index contributed by atoms with van der Waals surface area (Å²) in [6, 6.07) is 8.70. The third kappa shape index (κ3) is 3.58. The van der Waals surface area contributed by atoms with Crippen LogP contribution in [0.15, 0.2) is 24.3 Å². The highest BCUT2D eigenvalue weighted by molar-refractivity contribution is 5.37. The lowest BCUT2D eigenvalue weighted by Gasteiger charge is -2.37. The first-order valence-electron chi connectivity index (χ1n) is 9.30. The molecule has 136 valence electrons. The number of hydrogen-bond acceptors (Lipinski definition) is 4. The first-order valence-corrected chi connectivity index (χ1v) is 9.30. The number of rotatable bonds is 6. The van der Waals surface area contributed by atoms with E-state index in [4.69, 9.17) is 9.84 Å². The lowest BCUT2D eigenvalue weighted by Crippen LogP contribution is -2.45. The van der Waals surface area contributed by atoms with E-state index in [1.807, 2.05) is 6.07 Å². The molecule has 0 spiro atoms. The topological polar surface area (TPSA) is 42.3 Å². The Balaban J connectivity index is 1.92. The number of aryl methyl sites for hydroxylation is 2. The van der Waals surface area contributed by atoms with Crippen LogP contribution in [-0.2, 0) is 26.4 Å². The Hall–Kier alpha value is -1.85. The van der Waals surface area contributed by atoms with Crippen LogP contribution in [0.3, 0.4) is 0 Å². The molecular weight excluding hydrogens is 312 g/mol. The molecule has 1 saturated heterocycles. The van der Waals surface area contributed by atoms with Crippen LogP contribution in [0.5, 0.6) is 5.75 Å². The van der Waals surface area contributed by atoms with Crippen LogP contribution in [0.25, 0.3) is 0 Å². The molecule has 5 nitrogen and oxygen atoms in total. The molecule has 0 aliphatic carbocycles. The Labute approximate surface area is 151 Å². The van der Waals surface area contributed by atoms with Gasteiger partial charge in [0.15, 0.2) is 0 Å². The van der Waals surface area contributed by atoms with Crippen molar-refractivity contribution in [1.82, 2.24) is 20.0 Å². The van der Waals surface area contributed by atoms with Gasteiger partial charge < -0.3 is 10.1 Å². The fourth-order valence-electron chi connectivity index (χ4n) is 3.96. The van der Waals surface area contributed by atoms with Crippen molar-refractivity contribution in [3.63, 3.8) is 0 Å². The zero-order valence-electron chi connectivity index (χ0n) is 15.9. The normalized spacial score (nSPS) is 18.5. The minimum atomic E-state index is 0.319. The van der Waals surface area contributed by atoms with E-state index >= 15 is 0 Å². The Bertz CT molecular complexity index is 710. The van der Waals surface area contributed by atoms with Crippen molar-refractivity contribution in [1.29, 1.82) is 0 Å². The minimum absolute atomic E-state index is 0.319. The Kier molecular flexibility index (Phi) is 5.76. The lowest BCUT2D eigenvalue weighted by molar-refractivity contribution is 0.150. The van der Waals surface area contributed by atoms with E-state index in [0.29, 0.717) is 6.04 Å². The van der Waals surface area contributed by atoms with Crippen molar-refractivity contribution in [2.75, 3.05) is 26.7 Å². The molecule has 3 rings (SSSR count). The van der Waals surface area contributed by atoms with Crippen LogP contribution in [0.1, 0.15) is 42.4 Å². The van der Waals surface area contributed by atoms with Crippen molar-refractivity contribution >= 4 is 0 Å². The van der Waals surface area contributed by atoms with Gasteiger partial charge in [-0.15, -0.1) is 0 Å². The SMILES string of the molecule is CCc1nn(C)c(CC)c1CN1CCNCC1c1ccccc1OC. The molecule has 1 aromatic heterocycles. The summed E-state index contributed by atoms with van der Waals surface area (Å²) in [6.45, 7) is 8.36. The number of para-hydroxylation sites is 1. The summed E-state index contributed by atoms with van der Waals surface area (Å²) in [4.78, 5) is 2.57. The molecule has 0 amide bonds. The first kappa shape index (κ1) is 18.0. The third-order valence-electron chi connectivity index (χ3n) is 5.24. The second-order valence-corrected chi connectivity index (χ2v) is 6.64. The molecule has 1 unspecified atom stereocenters. The van der Waals surface area contributed by atoms with Gasteiger partial charge in [-0.05, 0) is 18.9 Å². The molecule has 1 aliphatic heterocycles. The lowest BCUT2D eigenvalue weighted by atomic mass is 10.00. The minimum Gasteiger partial charge on any atom is -0.496 e. The number of nitrogens with zero attached hydrogens (tertiary/aromatic N) is 3. The second kappa shape index (κ2) is 8.02. The highest BCUT2D eigenvalue weighted by Crippen LogP contribution is 2.32. The molecule has 2 aromatic rings. The number of ether oxygens (including phenoxy) is 1. The maximum Gasteiger partial charge on any atom is 0.123 e.